The Balaban J connectivity index is 1.74. The minimum atomic E-state index is 0.749. The molecular weight excluding hydrogens is 258 g/mol. The van der Waals surface area contributed by atoms with Crippen LogP contribution in [0.5, 0.6) is 0 Å². The van der Waals surface area contributed by atoms with Gasteiger partial charge in [-0.1, -0.05) is 25.8 Å². The zero-order chi connectivity index (χ0) is 14.7. The van der Waals surface area contributed by atoms with Gasteiger partial charge in [-0.05, 0) is 56.7 Å². The third kappa shape index (κ3) is 3.23. The zero-order valence-electron chi connectivity index (χ0n) is 13.6. The van der Waals surface area contributed by atoms with Gasteiger partial charge in [0.2, 0.25) is 0 Å². The van der Waals surface area contributed by atoms with Crippen LogP contribution < -0.4 is 10.2 Å². The molecule has 1 saturated heterocycles. The van der Waals surface area contributed by atoms with Crippen molar-refractivity contribution in [2.75, 3.05) is 18.0 Å². The average molecular weight is 287 g/mol. The van der Waals surface area contributed by atoms with Gasteiger partial charge in [0.15, 0.2) is 0 Å². The first-order chi connectivity index (χ1) is 10.3. The largest absolute Gasteiger partial charge is 0.353 e. The van der Waals surface area contributed by atoms with Gasteiger partial charge < -0.3 is 10.2 Å². The molecule has 0 aromatic carbocycles. The highest BCUT2D eigenvalue weighted by Gasteiger charge is 2.33. The van der Waals surface area contributed by atoms with Crippen molar-refractivity contribution in [3.63, 3.8) is 0 Å². The van der Waals surface area contributed by atoms with Crippen molar-refractivity contribution in [2.24, 2.45) is 5.92 Å². The van der Waals surface area contributed by atoms with Gasteiger partial charge in [-0.2, -0.15) is 0 Å². The fraction of sp³-hybridized carbons (Fsp3) is 0.722. The van der Waals surface area contributed by atoms with Gasteiger partial charge in [0.05, 0.1) is 0 Å². The standard InChI is InChI=1S/C18H29N3/c1-3-19-13-16-10-11-18(20-14(16)2)21-12-6-9-17(21)15-7-4-5-8-15/h10-11,15,17,19H,3-9,12-13H2,1-2H3. The van der Waals surface area contributed by atoms with E-state index in [-0.39, 0.29) is 0 Å². The molecule has 0 radical (unpaired) electrons. The molecule has 0 spiro atoms. The van der Waals surface area contributed by atoms with Crippen molar-refractivity contribution in [1.82, 2.24) is 10.3 Å². The molecule has 3 heteroatoms. The molecule has 1 aromatic heterocycles. The van der Waals surface area contributed by atoms with E-state index in [1.54, 1.807) is 0 Å². The summed E-state index contributed by atoms with van der Waals surface area (Å²) >= 11 is 0. The monoisotopic (exact) mass is 287 g/mol. The summed E-state index contributed by atoms with van der Waals surface area (Å²) in [5.74, 6) is 2.12. The molecule has 21 heavy (non-hydrogen) atoms. The van der Waals surface area contributed by atoms with Crippen LogP contribution >= 0.6 is 0 Å². The number of nitrogens with one attached hydrogen (secondary N) is 1. The van der Waals surface area contributed by atoms with E-state index in [9.17, 15) is 0 Å². The average Bonchev–Trinajstić information content (AvgIpc) is 3.16. The second-order valence-electron chi connectivity index (χ2n) is 6.64. The molecule has 1 N–H and O–H groups in total. The summed E-state index contributed by atoms with van der Waals surface area (Å²) in [6.45, 7) is 7.43. The molecule has 3 nitrogen and oxygen atoms in total. The van der Waals surface area contributed by atoms with Crippen molar-refractivity contribution in [2.45, 2.75) is 65.0 Å². The van der Waals surface area contributed by atoms with E-state index < -0.39 is 0 Å². The molecule has 1 aromatic rings. The van der Waals surface area contributed by atoms with Crippen LogP contribution in [0.3, 0.4) is 0 Å². The van der Waals surface area contributed by atoms with Gasteiger partial charge in [0.1, 0.15) is 5.82 Å². The van der Waals surface area contributed by atoms with E-state index in [0.29, 0.717) is 0 Å². The maximum absolute atomic E-state index is 4.92. The lowest BCUT2D eigenvalue weighted by Crippen LogP contribution is -2.35. The molecule has 3 rings (SSSR count). The van der Waals surface area contributed by atoms with E-state index in [0.717, 1.165) is 25.0 Å². The van der Waals surface area contributed by atoms with E-state index in [1.165, 1.54) is 62.1 Å². The van der Waals surface area contributed by atoms with E-state index in [4.69, 9.17) is 4.98 Å². The summed E-state index contributed by atoms with van der Waals surface area (Å²) in [5.41, 5.74) is 2.52. The van der Waals surface area contributed by atoms with Gasteiger partial charge >= 0.3 is 0 Å². The quantitative estimate of drug-likeness (QED) is 0.896. The predicted molar refractivity (Wildman–Crippen MR) is 88.7 cm³/mol. The molecule has 1 unspecified atom stereocenters. The van der Waals surface area contributed by atoms with Gasteiger partial charge in [-0.25, -0.2) is 4.98 Å². The van der Waals surface area contributed by atoms with Crippen LogP contribution in [0.25, 0.3) is 0 Å². The number of aryl methyl sites for hydroxylation is 1. The Morgan fingerprint density at radius 1 is 1.19 bits per heavy atom. The highest BCUT2D eigenvalue weighted by atomic mass is 15.2. The number of anilines is 1. The number of aromatic nitrogens is 1. The van der Waals surface area contributed by atoms with Gasteiger partial charge in [-0.15, -0.1) is 0 Å². The summed E-state index contributed by atoms with van der Waals surface area (Å²) in [6.07, 6.45) is 8.43. The van der Waals surface area contributed by atoms with Crippen molar-refractivity contribution in [1.29, 1.82) is 0 Å². The molecule has 1 saturated carbocycles. The van der Waals surface area contributed by atoms with Crippen LogP contribution in [0.1, 0.15) is 56.7 Å². The number of hydrogen-bond donors (Lipinski definition) is 1. The Bertz CT molecular complexity index is 466. The first kappa shape index (κ1) is 14.8. The van der Waals surface area contributed by atoms with Crippen LogP contribution in [-0.2, 0) is 6.54 Å². The summed E-state index contributed by atoms with van der Waals surface area (Å²) in [4.78, 5) is 7.51. The minimum absolute atomic E-state index is 0.749. The molecular formula is C18H29N3. The first-order valence-corrected chi connectivity index (χ1v) is 8.73. The molecule has 1 aliphatic carbocycles. The highest BCUT2D eigenvalue weighted by molar-refractivity contribution is 5.44. The molecule has 2 heterocycles. The van der Waals surface area contributed by atoms with E-state index in [2.05, 4.69) is 36.2 Å². The van der Waals surface area contributed by atoms with Crippen LogP contribution in [0, 0.1) is 12.8 Å². The van der Waals surface area contributed by atoms with Crippen LogP contribution in [0.15, 0.2) is 12.1 Å². The van der Waals surface area contributed by atoms with Crippen LogP contribution in [-0.4, -0.2) is 24.1 Å². The molecule has 116 valence electrons. The van der Waals surface area contributed by atoms with Crippen LogP contribution in [0.4, 0.5) is 5.82 Å². The molecule has 2 aliphatic rings. The van der Waals surface area contributed by atoms with Gasteiger partial charge in [0.25, 0.3) is 0 Å². The van der Waals surface area contributed by atoms with Gasteiger partial charge in [-0.3, -0.25) is 0 Å². The third-order valence-electron chi connectivity index (χ3n) is 5.28. The normalized spacial score (nSPS) is 23.1. The third-order valence-corrected chi connectivity index (χ3v) is 5.28. The molecule has 0 bridgehead atoms. The second kappa shape index (κ2) is 6.78. The molecule has 2 fully saturated rings. The fourth-order valence-electron chi connectivity index (χ4n) is 4.09. The van der Waals surface area contributed by atoms with Crippen molar-refractivity contribution >= 4 is 5.82 Å². The zero-order valence-corrected chi connectivity index (χ0v) is 13.6. The maximum atomic E-state index is 4.92. The maximum Gasteiger partial charge on any atom is 0.129 e. The van der Waals surface area contributed by atoms with Crippen molar-refractivity contribution in [3.05, 3.63) is 23.4 Å². The smallest absolute Gasteiger partial charge is 0.129 e. The lowest BCUT2D eigenvalue weighted by Gasteiger charge is -2.30. The topological polar surface area (TPSA) is 28.2 Å². The molecule has 1 atom stereocenters. The Morgan fingerprint density at radius 2 is 2.00 bits per heavy atom. The summed E-state index contributed by atoms with van der Waals surface area (Å²) in [5, 5.41) is 3.39. The van der Waals surface area contributed by atoms with E-state index >= 15 is 0 Å². The summed E-state index contributed by atoms with van der Waals surface area (Å²) < 4.78 is 0. The number of nitrogens with zero attached hydrogens (tertiary/aromatic N) is 2. The Morgan fingerprint density at radius 3 is 2.71 bits per heavy atom. The molecule has 1 aliphatic heterocycles. The lowest BCUT2D eigenvalue weighted by molar-refractivity contribution is 0.429. The summed E-state index contributed by atoms with van der Waals surface area (Å²) in [7, 11) is 0. The second-order valence-corrected chi connectivity index (χ2v) is 6.64. The Labute approximate surface area is 129 Å². The Hall–Kier alpha value is -1.09. The fourth-order valence-corrected chi connectivity index (χ4v) is 4.09. The van der Waals surface area contributed by atoms with E-state index in [1.807, 2.05) is 0 Å². The van der Waals surface area contributed by atoms with Gasteiger partial charge in [0, 0.05) is 24.8 Å². The predicted octanol–water partition coefficient (Wildman–Crippen LogP) is 3.66. The number of rotatable bonds is 5. The molecule has 0 amide bonds. The Kier molecular flexibility index (Phi) is 4.79. The van der Waals surface area contributed by atoms with Crippen molar-refractivity contribution in [3.8, 4) is 0 Å². The first-order valence-electron chi connectivity index (χ1n) is 8.73. The lowest BCUT2D eigenvalue weighted by atomic mass is 9.96. The highest BCUT2D eigenvalue weighted by Crippen LogP contribution is 2.37. The number of hydrogen-bond acceptors (Lipinski definition) is 3. The van der Waals surface area contributed by atoms with Crippen LogP contribution in [0.2, 0.25) is 0 Å². The SMILES string of the molecule is CCNCc1ccc(N2CCCC2C2CCCC2)nc1C. The number of pyridine rings is 1. The summed E-state index contributed by atoms with van der Waals surface area (Å²) in [6, 6.07) is 5.26. The minimum Gasteiger partial charge on any atom is -0.353 e. The van der Waals surface area contributed by atoms with Crippen molar-refractivity contribution < 1.29 is 0 Å².